The molecule has 0 unspecified atom stereocenters. The van der Waals surface area contributed by atoms with Crippen LogP contribution in [0.15, 0.2) is 53.1 Å². The fourth-order valence-corrected chi connectivity index (χ4v) is 4.58. The van der Waals surface area contributed by atoms with Crippen molar-refractivity contribution in [1.82, 2.24) is 24.9 Å². The molecule has 2 aromatic carbocycles. The molecule has 0 saturated carbocycles. The first-order valence-corrected chi connectivity index (χ1v) is 11.0. The zero-order chi connectivity index (χ0) is 21.0. The molecule has 1 aliphatic rings. The summed E-state index contributed by atoms with van der Waals surface area (Å²) in [7, 11) is 0. The summed E-state index contributed by atoms with van der Waals surface area (Å²) < 4.78 is 25.1. The Morgan fingerprint density at radius 3 is 2.45 bits per heavy atom. The van der Waals surface area contributed by atoms with E-state index in [-0.39, 0.29) is 12.4 Å². The average molecular weight is 440 g/mol. The van der Waals surface area contributed by atoms with Crippen LogP contribution < -0.4 is 4.74 Å². The van der Waals surface area contributed by atoms with Crippen molar-refractivity contribution in [3.63, 3.8) is 0 Å². The number of halogens is 1. The summed E-state index contributed by atoms with van der Waals surface area (Å²) in [6.45, 7) is 5.53. The van der Waals surface area contributed by atoms with Gasteiger partial charge in [-0.25, -0.2) is 9.37 Å². The number of hydrogen-bond donors (Lipinski definition) is 0. The number of ether oxygens (including phenoxy) is 1. The molecule has 0 radical (unpaired) electrons. The van der Waals surface area contributed by atoms with Crippen molar-refractivity contribution < 1.29 is 13.7 Å². The van der Waals surface area contributed by atoms with Crippen molar-refractivity contribution >= 4 is 21.6 Å². The van der Waals surface area contributed by atoms with Gasteiger partial charge in [-0.1, -0.05) is 17.3 Å². The van der Waals surface area contributed by atoms with Gasteiger partial charge in [0.2, 0.25) is 11.7 Å². The molecule has 3 heterocycles. The van der Waals surface area contributed by atoms with Gasteiger partial charge in [-0.3, -0.25) is 9.80 Å². The van der Waals surface area contributed by atoms with E-state index < -0.39 is 0 Å². The predicted molar refractivity (Wildman–Crippen MR) is 115 cm³/mol. The molecule has 5 rings (SSSR count). The van der Waals surface area contributed by atoms with Crippen LogP contribution >= 0.6 is 11.3 Å². The smallest absolute Gasteiger partial charge is 0.240 e. The van der Waals surface area contributed by atoms with Gasteiger partial charge in [0.15, 0.2) is 6.61 Å². The Bertz CT molecular complexity index is 1110. The Hall–Kier alpha value is -2.88. The van der Waals surface area contributed by atoms with Gasteiger partial charge in [-0.2, -0.15) is 4.98 Å². The summed E-state index contributed by atoms with van der Waals surface area (Å²) in [5.74, 6) is 1.33. The topological polar surface area (TPSA) is 67.5 Å². The Kier molecular flexibility index (Phi) is 5.88. The van der Waals surface area contributed by atoms with E-state index in [9.17, 15) is 4.39 Å². The van der Waals surface area contributed by atoms with Gasteiger partial charge in [0.05, 0.1) is 23.3 Å². The largest absolute Gasteiger partial charge is 0.485 e. The Labute approximate surface area is 183 Å². The van der Waals surface area contributed by atoms with Crippen molar-refractivity contribution in [3.05, 3.63) is 71.1 Å². The van der Waals surface area contributed by atoms with Gasteiger partial charge in [0.25, 0.3) is 0 Å². The molecule has 1 fully saturated rings. The first kappa shape index (κ1) is 20.0. The first-order chi connectivity index (χ1) is 15.2. The van der Waals surface area contributed by atoms with Crippen LogP contribution in [0.2, 0.25) is 0 Å². The lowest BCUT2D eigenvalue weighted by Gasteiger charge is -2.33. The Balaban J connectivity index is 1.08. The van der Waals surface area contributed by atoms with Crippen LogP contribution in [-0.2, 0) is 19.7 Å². The second kappa shape index (κ2) is 9.09. The highest BCUT2D eigenvalue weighted by Crippen LogP contribution is 2.23. The minimum atomic E-state index is -0.297. The Morgan fingerprint density at radius 1 is 0.935 bits per heavy atom. The van der Waals surface area contributed by atoms with Crippen molar-refractivity contribution in [1.29, 1.82) is 0 Å². The standard InChI is InChI=1S/C22H22FN5O2S/c23-16-5-7-17(8-6-16)29-15-20-25-21(30-26-20)13-27-9-11-28(12-10-27)14-22-24-18-3-1-2-4-19(18)31-22/h1-8H,9-15H2. The molecule has 2 aromatic heterocycles. The molecule has 0 atom stereocenters. The van der Waals surface area contributed by atoms with Gasteiger partial charge in [0.1, 0.15) is 16.6 Å². The van der Waals surface area contributed by atoms with Gasteiger partial charge >= 0.3 is 0 Å². The molecule has 0 aliphatic carbocycles. The number of benzene rings is 2. The minimum Gasteiger partial charge on any atom is -0.485 e. The maximum atomic E-state index is 12.9. The lowest BCUT2D eigenvalue weighted by molar-refractivity contribution is 0.112. The molecule has 0 amide bonds. The van der Waals surface area contributed by atoms with E-state index in [1.165, 1.54) is 16.8 Å². The van der Waals surface area contributed by atoms with Crippen molar-refractivity contribution in [3.8, 4) is 5.75 Å². The summed E-state index contributed by atoms with van der Waals surface area (Å²) in [6, 6.07) is 14.1. The number of hydrogen-bond acceptors (Lipinski definition) is 8. The molecule has 1 saturated heterocycles. The van der Waals surface area contributed by atoms with Crippen LogP contribution in [0, 0.1) is 5.82 Å². The normalized spacial score (nSPS) is 15.5. The number of fused-ring (bicyclic) bond motifs is 1. The number of para-hydroxylation sites is 1. The van der Waals surface area contributed by atoms with E-state index in [4.69, 9.17) is 14.2 Å². The second-order valence-electron chi connectivity index (χ2n) is 7.47. The third kappa shape index (κ3) is 5.07. The molecule has 31 heavy (non-hydrogen) atoms. The van der Waals surface area contributed by atoms with Gasteiger partial charge in [-0.15, -0.1) is 11.3 Å². The molecule has 0 spiro atoms. The predicted octanol–water partition coefficient (Wildman–Crippen LogP) is 3.72. The molecule has 4 aromatic rings. The highest BCUT2D eigenvalue weighted by atomic mass is 32.1. The number of thiazole rings is 1. The maximum Gasteiger partial charge on any atom is 0.240 e. The Morgan fingerprint density at radius 2 is 1.68 bits per heavy atom. The third-order valence-corrected chi connectivity index (χ3v) is 6.23. The molecule has 160 valence electrons. The zero-order valence-electron chi connectivity index (χ0n) is 16.9. The monoisotopic (exact) mass is 439 g/mol. The summed E-state index contributed by atoms with van der Waals surface area (Å²) in [5, 5.41) is 5.14. The molecular formula is C22H22FN5O2S. The molecule has 1 aliphatic heterocycles. The summed E-state index contributed by atoms with van der Waals surface area (Å²) in [6.07, 6.45) is 0. The quantitative estimate of drug-likeness (QED) is 0.435. The van der Waals surface area contributed by atoms with E-state index >= 15 is 0 Å². The van der Waals surface area contributed by atoms with Gasteiger partial charge in [0, 0.05) is 26.2 Å². The van der Waals surface area contributed by atoms with Gasteiger partial charge in [-0.05, 0) is 36.4 Å². The SMILES string of the molecule is Fc1ccc(OCc2noc(CN3CCN(Cc4nc5ccccc5s4)CC3)n2)cc1. The van der Waals surface area contributed by atoms with Crippen LogP contribution in [0.3, 0.4) is 0 Å². The van der Waals surface area contributed by atoms with Crippen molar-refractivity contribution in [2.45, 2.75) is 19.7 Å². The highest BCUT2D eigenvalue weighted by molar-refractivity contribution is 7.18. The number of aromatic nitrogens is 3. The van der Waals surface area contributed by atoms with E-state index in [2.05, 4.69) is 38.1 Å². The molecule has 0 bridgehead atoms. The average Bonchev–Trinajstić information content (AvgIpc) is 3.41. The van der Waals surface area contributed by atoms with E-state index in [1.807, 2.05) is 6.07 Å². The number of rotatable bonds is 7. The number of piperazine rings is 1. The first-order valence-electron chi connectivity index (χ1n) is 10.2. The van der Waals surface area contributed by atoms with Crippen LogP contribution in [0.4, 0.5) is 4.39 Å². The van der Waals surface area contributed by atoms with E-state index in [1.54, 1.807) is 23.5 Å². The number of nitrogens with zero attached hydrogens (tertiary/aromatic N) is 5. The fourth-order valence-electron chi connectivity index (χ4n) is 3.57. The van der Waals surface area contributed by atoms with E-state index in [0.29, 0.717) is 24.0 Å². The highest BCUT2D eigenvalue weighted by Gasteiger charge is 2.20. The molecule has 0 N–H and O–H groups in total. The third-order valence-electron chi connectivity index (χ3n) is 5.21. The lowest BCUT2D eigenvalue weighted by Crippen LogP contribution is -2.45. The molecule has 7 nitrogen and oxygen atoms in total. The second-order valence-corrected chi connectivity index (χ2v) is 8.59. The summed E-state index contributed by atoms with van der Waals surface area (Å²) >= 11 is 1.77. The van der Waals surface area contributed by atoms with Crippen LogP contribution in [-0.4, -0.2) is 51.1 Å². The molecular weight excluding hydrogens is 417 g/mol. The summed E-state index contributed by atoms with van der Waals surface area (Å²) in [5.41, 5.74) is 1.08. The fraction of sp³-hybridized carbons (Fsp3) is 0.318. The van der Waals surface area contributed by atoms with Crippen molar-refractivity contribution in [2.75, 3.05) is 26.2 Å². The van der Waals surface area contributed by atoms with E-state index in [0.717, 1.165) is 43.2 Å². The van der Waals surface area contributed by atoms with Crippen LogP contribution in [0.1, 0.15) is 16.7 Å². The minimum absolute atomic E-state index is 0.186. The van der Waals surface area contributed by atoms with Crippen LogP contribution in [0.25, 0.3) is 10.2 Å². The summed E-state index contributed by atoms with van der Waals surface area (Å²) in [4.78, 5) is 13.9. The van der Waals surface area contributed by atoms with Crippen molar-refractivity contribution in [2.24, 2.45) is 0 Å². The molecule has 9 heteroatoms. The maximum absolute atomic E-state index is 12.9. The lowest BCUT2D eigenvalue weighted by atomic mass is 10.3. The van der Waals surface area contributed by atoms with Gasteiger partial charge < -0.3 is 9.26 Å². The zero-order valence-corrected chi connectivity index (χ0v) is 17.7. The van der Waals surface area contributed by atoms with Crippen LogP contribution in [0.5, 0.6) is 5.75 Å².